The molecule has 0 spiro atoms. The topological polar surface area (TPSA) is 51.2 Å². The van der Waals surface area contributed by atoms with E-state index in [1.165, 1.54) is 0 Å². The molecule has 0 atom stereocenters. The Morgan fingerprint density at radius 2 is 2.29 bits per heavy atom. The molecule has 1 aromatic heterocycles. The molecule has 0 bridgehead atoms. The molecular formula is C12H17ClN2O2. The van der Waals surface area contributed by atoms with Crippen molar-refractivity contribution >= 4 is 17.5 Å². The molecule has 0 saturated heterocycles. The van der Waals surface area contributed by atoms with E-state index in [0.29, 0.717) is 31.3 Å². The van der Waals surface area contributed by atoms with Crippen LogP contribution in [0.3, 0.4) is 0 Å². The highest BCUT2D eigenvalue weighted by atomic mass is 35.5. The monoisotopic (exact) mass is 256 g/mol. The van der Waals surface area contributed by atoms with Crippen molar-refractivity contribution in [3.05, 3.63) is 29.6 Å². The van der Waals surface area contributed by atoms with E-state index in [0.717, 1.165) is 12.1 Å². The summed E-state index contributed by atoms with van der Waals surface area (Å²) < 4.78 is 5.19. The number of amides is 1. The summed E-state index contributed by atoms with van der Waals surface area (Å²) in [6.45, 7) is 3.59. The van der Waals surface area contributed by atoms with Gasteiger partial charge in [-0.25, -0.2) is 4.98 Å². The average Bonchev–Trinajstić information content (AvgIpc) is 2.33. The van der Waals surface area contributed by atoms with Gasteiger partial charge in [0.25, 0.3) is 5.91 Å². The summed E-state index contributed by atoms with van der Waals surface area (Å²) in [6, 6.07) is 5.38. The van der Waals surface area contributed by atoms with E-state index in [9.17, 15) is 4.79 Å². The summed E-state index contributed by atoms with van der Waals surface area (Å²) in [6.07, 6.45) is 0.772. The Bertz CT molecular complexity index is 358. The van der Waals surface area contributed by atoms with E-state index in [1.807, 2.05) is 19.1 Å². The highest BCUT2D eigenvalue weighted by Crippen LogP contribution is 1.97. The number of alkyl halides is 1. The molecular weight excluding hydrogens is 240 g/mol. The number of rotatable bonds is 7. The number of hydrogen-bond donors (Lipinski definition) is 1. The molecule has 0 aromatic carbocycles. The van der Waals surface area contributed by atoms with Crippen molar-refractivity contribution < 1.29 is 9.53 Å². The minimum absolute atomic E-state index is 0.147. The second-order valence-corrected chi connectivity index (χ2v) is 3.95. The van der Waals surface area contributed by atoms with Crippen molar-refractivity contribution in [2.24, 2.45) is 0 Å². The lowest BCUT2D eigenvalue weighted by atomic mass is 10.3. The number of hydrogen-bond acceptors (Lipinski definition) is 3. The summed E-state index contributed by atoms with van der Waals surface area (Å²) in [4.78, 5) is 15.8. The van der Waals surface area contributed by atoms with Gasteiger partial charge in [-0.2, -0.15) is 0 Å². The van der Waals surface area contributed by atoms with Crippen molar-refractivity contribution in [3.63, 3.8) is 0 Å². The molecule has 1 aromatic rings. The molecule has 0 aliphatic rings. The van der Waals surface area contributed by atoms with Gasteiger partial charge in [0.1, 0.15) is 5.69 Å². The van der Waals surface area contributed by atoms with E-state index < -0.39 is 0 Å². The lowest BCUT2D eigenvalue weighted by molar-refractivity contribution is 0.0939. The molecule has 17 heavy (non-hydrogen) atoms. The van der Waals surface area contributed by atoms with Gasteiger partial charge in [-0.05, 0) is 25.5 Å². The molecule has 94 valence electrons. The summed E-state index contributed by atoms with van der Waals surface area (Å²) in [5.74, 6) is 0.352. The number of carbonyl (C=O) groups excluding carboxylic acids is 1. The normalized spacial score (nSPS) is 10.2. The molecule has 4 nitrogen and oxygen atoms in total. The predicted molar refractivity (Wildman–Crippen MR) is 67.5 cm³/mol. The van der Waals surface area contributed by atoms with E-state index in [2.05, 4.69) is 10.3 Å². The standard InChI is InChI=1S/C12H17ClN2O2/c1-10-4-2-5-11(15-10)12(16)14-7-3-8-17-9-6-13/h2,4-5H,3,6-9H2,1H3,(H,14,16). The van der Waals surface area contributed by atoms with Crippen LogP contribution < -0.4 is 5.32 Å². The minimum atomic E-state index is -0.147. The van der Waals surface area contributed by atoms with Gasteiger partial charge in [-0.15, -0.1) is 11.6 Å². The highest BCUT2D eigenvalue weighted by molar-refractivity contribution is 6.17. The van der Waals surface area contributed by atoms with Gasteiger partial charge in [0, 0.05) is 24.7 Å². The molecule has 0 aliphatic carbocycles. The van der Waals surface area contributed by atoms with Crippen molar-refractivity contribution in [2.75, 3.05) is 25.6 Å². The Hall–Kier alpha value is -1.13. The first-order valence-corrected chi connectivity index (χ1v) is 6.13. The zero-order chi connectivity index (χ0) is 12.5. The molecule has 1 heterocycles. The molecule has 1 amide bonds. The maximum atomic E-state index is 11.7. The van der Waals surface area contributed by atoms with Crippen molar-refractivity contribution in [2.45, 2.75) is 13.3 Å². The van der Waals surface area contributed by atoms with E-state index in [1.54, 1.807) is 6.07 Å². The molecule has 0 fully saturated rings. The fourth-order valence-corrected chi connectivity index (χ4v) is 1.40. The number of nitrogens with zero attached hydrogens (tertiary/aromatic N) is 1. The third kappa shape index (κ3) is 5.65. The van der Waals surface area contributed by atoms with Crippen LogP contribution in [0.25, 0.3) is 0 Å². The van der Waals surface area contributed by atoms with Gasteiger partial charge in [0.05, 0.1) is 6.61 Å². The largest absolute Gasteiger partial charge is 0.380 e. The van der Waals surface area contributed by atoms with Crippen LogP contribution >= 0.6 is 11.6 Å². The predicted octanol–water partition coefficient (Wildman–Crippen LogP) is 1.77. The Labute approximate surface area is 106 Å². The number of nitrogens with one attached hydrogen (secondary N) is 1. The lowest BCUT2D eigenvalue weighted by Gasteiger charge is -2.05. The molecule has 0 radical (unpaired) electrons. The quantitative estimate of drug-likeness (QED) is 0.598. The first-order valence-electron chi connectivity index (χ1n) is 5.59. The first kappa shape index (κ1) is 13.9. The van der Waals surface area contributed by atoms with Crippen LogP contribution in [0, 0.1) is 6.92 Å². The Kier molecular flexibility index (Phi) is 6.58. The van der Waals surface area contributed by atoms with Gasteiger partial charge < -0.3 is 10.1 Å². The van der Waals surface area contributed by atoms with Gasteiger partial charge in [-0.1, -0.05) is 6.07 Å². The van der Waals surface area contributed by atoms with Crippen LogP contribution in [0.2, 0.25) is 0 Å². The summed E-state index contributed by atoms with van der Waals surface area (Å²) in [7, 11) is 0. The zero-order valence-corrected chi connectivity index (χ0v) is 10.7. The lowest BCUT2D eigenvalue weighted by Crippen LogP contribution is -2.26. The molecule has 5 heteroatoms. The molecule has 1 N–H and O–H groups in total. The third-order valence-corrected chi connectivity index (χ3v) is 2.25. The number of carbonyl (C=O) groups is 1. The van der Waals surface area contributed by atoms with E-state index in [-0.39, 0.29) is 5.91 Å². The first-order chi connectivity index (χ1) is 8.24. The molecule has 0 aliphatic heterocycles. The summed E-state index contributed by atoms with van der Waals surface area (Å²) in [5.41, 5.74) is 1.29. The van der Waals surface area contributed by atoms with Crippen LogP contribution in [-0.4, -0.2) is 36.5 Å². The van der Waals surface area contributed by atoms with Crippen LogP contribution in [0.5, 0.6) is 0 Å². The number of pyridine rings is 1. The van der Waals surface area contributed by atoms with E-state index in [4.69, 9.17) is 16.3 Å². The highest BCUT2D eigenvalue weighted by Gasteiger charge is 2.05. The van der Waals surface area contributed by atoms with Crippen molar-refractivity contribution in [1.82, 2.24) is 10.3 Å². The third-order valence-electron chi connectivity index (χ3n) is 2.09. The average molecular weight is 257 g/mol. The Morgan fingerprint density at radius 3 is 3.00 bits per heavy atom. The van der Waals surface area contributed by atoms with Crippen LogP contribution in [0.1, 0.15) is 22.6 Å². The maximum absolute atomic E-state index is 11.7. The number of ether oxygens (including phenoxy) is 1. The van der Waals surface area contributed by atoms with Crippen LogP contribution in [-0.2, 0) is 4.74 Å². The number of aromatic nitrogens is 1. The SMILES string of the molecule is Cc1cccc(C(=O)NCCCOCCCl)n1. The summed E-state index contributed by atoms with van der Waals surface area (Å²) in [5, 5.41) is 2.79. The molecule has 1 rings (SSSR count). The van der Waals surface area contributed by atoms with Gasteiger partial charge in [0.15, 0.2) is 0 Å². The fraction of sp³-hybridized carbons (Fsp3) is 0.500. The van der Waals surface area contributed by atoms with Crippen LogP contribution in [0.4, 0.5) is 0 Å². The smallest absolute Gasteiger partial charge is 0.269 e. The van der Waals surface area contributed by atoms with Crippen LogP contribution in [0.15, 0.2) is 18.2 Å². The zero-order valence-electron chi connectivity index (χ0n) is 9.91. The minimum Gasteiger partial charge on any atom is -0.380 e. The Balaban J connectivity index is 2.21. The van der Waals surface area contributed by atoms with E-state index >= 15 is 0 Å². The second-order valence-electron chi connectivity index (χ2n) is 3.58. The molecule has 0 unspecified atom stereocenters. The van der Waals surface area contributed by atoms with Gasteiger partial charge in [-0.3, -0.25) is 4.79 Å². The maximum Gasteiger partial charge on any atom is 0.269 e. The van der Waals surface area contributed by atoms with Gasteiger partial charge >= 0.3 is 0 Å². The second kappa shape index (κ2) is 8.03. The number of aryl methyl sites for hydroxylation is 1. The van der Waals surface area contributed by atoms with Gasteiger partial charge in [0.2, 0.25) is 0 Å². The van der Waals surface area contributed by atoms with Crippen molar-refractivity contribution in [3.8, 4) is 0 Å². The van der Waals surface area contributed by atoms with Crippen molar-refractivity contribution in [1.29, 1.82) is 0 Å². The molecule has 0 saturated carbocycles. The summed E-state index contributed by atoms with van der Waals surface area (Å²) >= 11 is 5.46. The number of halogens is 1. The fourth-order valence-electron chi connectivity index (χ4n) is 1.29. The Morgan fingerprint density at radius 1 is 1.47 bits per heavy atom.